The largest absolute Gasteiger partial charge is 0.356 e. The minimum absolute atomic E-state index is 0.0467. The van der Waals surface area contributed by atoms with Crippen LogP contribution in [0.4, 0.5) is 0 Å². The highest BCUT2D eigenvalue weighted by molar-refractivity contribution is 6.35. The predicted octanol–water partition coefficient (Wildman–Crippen LogP) is 3.17. The summed E-state index contributed by atoms with van der Waals surface area (Å²) in [5.74, 6) is 0.167. The van der Waals surface area contributed by atoms with E-state index in [2.05, 4.69) is 10.4 Å². The number of rotatable bonds is 4. The number of amides is 2. The summed E-state index contributed by atoms with van der Waals surface area (Å²) >= 11 is 12.1. The van der Waals surface area contributed by atoms with Crippen LogP contribution in [-0.2, 0) is 4.79 Å². The van der Waals surface area contributed by atoms with Crippen molar-refractivity contribution in [1.29, 1.82) is 0 Å². The summed E-state index contributed by atoms with van der Waals surface area (Å²) in [6.45, 7) is 3.44. The molecule has 1 aromatic heterocycles. The number of carbonyl (C=O) groups excluding carboxylic acids is 2. The number of hydrogen-bond donors (Lipinski definition) is 1. The van der Waals surface area contributed by atoms with Crippen LogP contribution < -0.4 is 5.32 Å². The van der Waals surface area contributed by atoms with E-state index in [1.807, 2.05) is 4.90 Å². The van der Waals surface area contributed by atoms with Crippen LogP contribution in [-0.4, -0.2) is 46.1 Å². The van der Waals surface area contributed by atoms with Gasteiger partial charge in [-0.15, -0.1) is 0 Å². The van der Waals surface area contributed by atoms with Crippen LogP contribution in [0.1, 0.15) is 30.1 Å². The minimum Gasteiger partial charge on any atom is -0.356 e. The van der Waals surface area contributed by atoms with Crippen LogP contribution in [0.15, 0.2) is 30.6 Å². The topological polar surface area (TPSA) is 67.2 Å². The molecule has 2 heterocycles. The second kappa shape index (κ2) is 8.10. The van der Waals surface area contributed by atoms with Crippen molar-refractivity contribution in [3.8, 4) is 5.69 Å². The Labute approximate surface area is 162 Å². The molecule has 1 saturated heterocycles. The van der Waals surface area contributed by atoms with Gasteiger partial charge in [-0.3, -0.25) is 9.59 Å². The second-order valence-corrected chi connectivity index (χ2v) is 7.31. The van der Waals surface area contributed by atoms with Gasteiger partial charge in [-0.25, -0.2) is 4.68 Å². The summed E-state index contributed by atoms with van der Waals surface area (Å²) in [6.07, 6.45) is 5.15. The van der Waals surface area contributed by atoms with E-state index in [0.717, 1.165) is 12.8 Å². The van der Waals surface area contributed by atoms with E-state index in [4.69, 9.17) is 23.2 Å². The summed E-state index contributed by atoms with van der Waals surface area (Å²) in [6, 6.07) is 5.12. The molecule has 1 N–H and O–H groups in total. The van der Waals surface area contributed by atoms with Gasteiger partial charge in [-0.2, -0.15) is 5.10 Å². The fourth-order valence-electron chi connectivity index (χ4n) is 3.12. The third kappa shape index (κ3) is 4.37. The van der Waals surface area contributed by atoms with E-state index in [0.29, 0.717) is 40.9 Å². The molecule has 0 aliphatic carbocycles. The monoisotopic (exact) mass is 394 g/mol. The van der Waals surface area contributed by atoms with E-state index in [1.54, 1.807) is 35.3 Å². The molecule has 8 heteroatoms. The van der Waals surface area contributed by atoms with Gasteiger partial charge in [-0.05, 0) is 37.0 Å². The molecule has 138 valence electrons. The molecule has 3 rings (SSSR count). The Kier molecular flexibility index (Phi) is 5.84. The molecular formula is C18H20Cl2N4O2. The molecule has 1 atom stereocenters. The van der Waals surface area contributed by atoms with Crippen molar-refractivity contribution < 1.29 is 9.59 Å². The quantitative estimate of drug-likeness (QED) is 0.865. The highest BCUT2D eigenvalue weighted by Gasteiger charge is 2.25. The first-order valence-electron chi connectivity index (χ1n) is 8.48. The molecule has 0 spiro atoms. The van der Waals surface area contributed by atoms with Crippen LogP contribution >= 0.6 is 23.2 Å². The summed E-state index contributed by atoms with van der Waals surface area (Å²) in [5, 5.41) is 8.10. The average Bonchev–Trinajstić information content (AvgIpc) is 3.09. The van der Waals surface area contributed by atoms with Crippen molar-refractivity contribution >= 4 is 35.0 Å². The SMILES string of the molecule is CC(=O)NCC1CCCN(C(=O)c2cnn(-c3ccc(Cl)cc3Cl)c2)C1. The Morgan fingerprint density at radius 1 is 1.35 bits per heavy atom. The molecule has 26 heavy (non-hydrogen) atoms. The molecule has 1 fully saturated rings. The highest BCUT2D eigenvalue weighted by atomic mass is 35.5. The molecule has 1 aromatic carbocycles. The first kappa shape index (κ1) is 18.7. The lowest BCUT2D eigenvalue weighted by Crippen LogP contribution is -2.43. The normalized spacial score (nSPS) is 17.2. The first-order chi connectivity index (χ1) is 12.4. The number of hydrogen-bond acceptors (Lipinski definition) is 3. The molecule has 1 aliphatic rings. The second-order valence-electron chi connectivity index (χ2n) is 6.47. The molecular weight excluding hydrogens is 375 g/mol. The van der Waals surface area contributed by atoms with Gasteiger partial charge in [0.2, 0.25) is 5.91 Å². The van der Waals surface area contributed by atoms with E-state index in [9.17, 15) is 9.59 Å². The molecule has 0 saturated carbocycles. The van der Waals surface area contributed by atoms with Crippen LogP contribution in [0, 0.1) is 5.92 Å². The molecule has 2 aromatic rings. The van der Waals surface area contributed by atoms with Crippen molar-refractivity contribution in [2.45, 2.75) is 19.8 Å². The molecule has 1 unspecified atom stereocenters. The van der Waals surface area contributed by atoms with Crippen molar-refractivity contribution in [3.63, 3.8) is 0 Å². The van der Waals surface area contributed by atoms with Gasteiger partial charge >= 0.3 is 0 Å². The van der Waals surface area contributed by atoms with Crippen molar-refractivity contribution in [2.24, 2.45) is 5.92 Å². The molecule has 1 aliphatic heterocycles. The van der Waals surface area contributed by atoms with E-state index < -0.39 is 0 Å². The molecule has 6 nitrogen and oxygen atoms in total. The summed E-state index contributed by atoms with van der Waals surface area (Å²) in [7, 11) is 0. The van der Waals surface area contributed by atoms with Gasteiger partial charge in [0, 0.05) is 37.8 Å². The van der Waals surface area contributed by atoms with Gasteiger partial charge in [0.15, 0.2) is 0 Å². The first-order valence-corrected chi connectivity index (χ1v) is 9.23. The Hall–Kier alpha value is -2.05. The van der Waals surface area contributed by atoms with E-state index >= 15 is 0 Å². The number of halogens is 2. The number of piperidine rings is 1. The van der Waals surface area contributed by atoms with Crippen LogP contribution in [0.25, 0.3) is 5.69 Å². The summed E-state index contributed by atoms with van der Waals surface area (Å²) in [5.41, 5.74) is 1.17. The zero-order valence-corrected chi connectivity index (χ0v) is 15.9. The lowest BCUT2D eigenvalue weighted by Gasteiger charge is -2.32. The number of carbonyl (C=O) groups is 2. The summed E-state index contributed by atoms with van der Waals surface area (Å²) in [4.78, 5) is 25.7. The van der Waals surface area contributed by atoms with Crippen molar-refractivity contribution in [3.05, 3.63) is 46.2 Å². The third-order valence-corrected chi connectivity index (χ3v) is 4.97. The maximum Gasteiger partial charge on any atom is 0.257 e. The number of aromatic nitrogens is 2. The Morgan fingerprint density at radius 2 is 2.15 bits per heavy atom. The van der Waals surface area contributed by atoms with Gasteiger partial charge in [0.25, 0.3) is 5.91 Å². The lowest BCUT2D eigenvalue weighted by molar-refractivity contribution is -0.119. The lowest BCUT2D eigenvalue weighted by atomic mass is 9.97. The Morgan fingerprint density at radius 3 is 2.88 bits per heavy atom. The van der Waals surface area contributed by atoms with Crippen LogP contribution in [0.5, 0.6) is 0 Å². The molecule has 0 radical (unpaired) electrons. The summed E-state index contributed by atoms with van der Waals surface area (Å²) < 4.78 is 1.57. The standard InChI is InChI=1S/C18H20Cl2N4O2/c1-12(25)21-8-13-3-2-6-23(10-13)18(26)14-9-22-24(11-14)17-5-4-15(19)7-16(17)20/h4-5,7,9,11,13H,2-3,6,8,10H2,1H3,(H,21,25). The van der Waals surface area contributed by atoms with Gasteiger partial charge in [-0.1, -0.05) is 23.2 Å². The van der Waals surface area contributed by atoms with Crippen LogP contribution in [0.2, 0.25) is 10.0 Å². The van der Waals surface area contributed by atoms with Gasteiger partial charge in [0.1, 0.15) is 0 Å². The van der Waals surface area contributed by atoms with Gasteiger partial charge in [0.05, 0.1) is 22.5 Å². The maximum absolute atomic E-state index is 12.8. The number of likely N-dealkylation sites (tertiary alicyclic amines) is 1. The molecule has 0 bridgehead atoms. The van der Waals surface area contributed by atoms with Crippen molar-refractivity contribution in [1.82, 2.24) is 20.0 Å². The zero-order chi connectivity index (χ0) is 18.7. The van der Waals surface area contributed by atoms with Crippen molar-refractivity contribution in [2.75, 3.05) is 19.6 Å². The fraction of sp³-hybridized carbons (Fsp3) is 0.389. The highest BCUT2D eigenvalue weighted by Crippen LogP contribution is 2.24. The predicted molar refractivity (Wildman–Crippen MR) is 101 cm³/mol. The maximum atomic E-state index is 12.8. The number of benzene rings is 1. The fourth-order valence-corrected chi connectivity index (χ4v) is 3.61. The van der Waals surface area contributed by atoms with Gasteiger partial charge < -0.3 is 10.2 Å². The number of nitrogens with zero attached hydrogens (tertiary/aromatic N) is 3. The third-order valence-electron chi connectivity index (χ3n) is 4.43. The Bertz CT molecular complexity index is 821. The Balaban J connectivity index is 1.70. The average molecular weight is 395 g/mol. The van der Waals surface area contributed by atoms with Crippen LogP contribution in [0.3, 0.4) is 0 Å². The number of nitrogens with one attached hydrogen (secondary N) is 1. The van der Waals surface area contributed by atoms with E-state index in [1.165, 1.54) is 6.92 Å². The minimum atomic E-state index is -0.0612. The molecule has 2 amide bonds. The van der Waals surface area contributed by atoms with E-state index in [-0.39, 0.29) is 17.7 Å². The zero-order valence-electron chi connectivity index (χ0n) is 14.4. The smallest absolute Gasteiger partial charge is 0.257 e.